The van der Waals surface area contributed by atoms with Crippen molar-refractivity contribution in [3.8, 4) is 0 Å². The first-order valence-electron chi connectivity index (χ1n) is 6.74. The topological polar surface area (TPSA) is 49.4 Å². The van der Waals surface area contributed by atoms with Gasteiger partial charge in [-0.25, -0.2) is 0 Å². The van der Waals surface area contributed by atoms with Crippen molar-refractivity contribution in [1.82, 2.24) is 10.2 Å². The number of rotatable bonds is 5. The zero-order chi connectivity index (χ0) is 13.7. The molecule has 1 N–H and O–H groups in total. The lowest BCUT2D eigenvalue weighted by atomic mass is 9.99. The molecule has 0 saturated carbocycles. The van der Waals surface area contributed by atoms with Gasteiger partial charge in [0.05, 0.1) is 5.92 Å². The first-order valence-corrected chi connectivity index (χ1v) is 6.74. The van der Waals surface area contributed by atoms with E-state index in [0.29, 0.717) is 19.6 Å². The highest BCUT2D eigenvalue weighted by molar-refractivity contribution is 5.83. The number of carbonyl (C=O) groups excluding carboxylic acids is 2. The highest BCUT2D eigenvalue weighted by Crippen LogP contribution is 2.15. The summed E-state index contributed by atoms with van der Waals surface area (Å²) in [4.78, 5) is 24.5. The van der Waals surface area contributed by atoms with Crippen LogP contribution in [0.1, 0.15) is 18.9 Å². The Hall–Kier alpha value is -1.84. The third kappa shape index (κ3) is 3.81. The second-order valence-corrected chi connectivity index (χ2v) is 5.00. The fourth-order valence-corrected chi connectivity index (χ4v) is 2.19. The molecular formula is C15H20N2O2. The zero-order valence-electron chi connectivity index (χ0n) is 11.3. The fourth-order valence-electron chi connectivity index (χ4n) is 2.19. The van der Waals surface area contributed by atoms with Gasteiger partial charge in [-0.2, -0.15) is 0 Å². The van der Waals surface area contributed by atoms with Gasteiger partial charge >= 0.3 is 0 Å². The molecule has 102 valence electrons. The Morgan fingerprint density at radius 3 is 2.58 bits per heavy atom. The van der Waals surface area contributed by atoms with Crippen molar-refractivity contribution in [3.63, 3.8) is 0 Å². The minimum absolute atomic E-state index is 0.0133. The number of likely N-dealkylation sites (tertiary alicyclic amines) is 1. The molecular weight excluding hydrogens is 240 g/mol. The Morgan fingerprint density at radius 1 is 1.26 bits per heavy atom. The van der Waals surface area contributed by atoms with E-state index in [4.69, 9.17) is 0 Å². The predicted molar refractivity (Wildman–Crippen MR) is 73.5 cm³/mol. The number of hydrogen-bond acceptors (Lipinski definition) is 2. The molecule has 19 heavy (non-hydrogen) atoms. The number of hydrogen-bond donors (Lipinski definition) is 1. The van der Waals surface area contributed by atoms with Crippen molar-refractivity contribution >= 4 is 11.8 Å². The predicted octanol–water partition coefficient (Wildman–Crippen LogP) is 1.21. The van der Waals surface area contributed by atoms with Gasteiger partial charge < -0.3 is 10.2 Å². The summed E-state index contributed by atoms with van der Waals surface area (Å²) in [6, 6.07) is 10.2. The Morgan fingerprint density at radius 2 is 1.95 bits per heavy atom. The van der Waals surface area contributed by atoms with Crippen molar-refractivity contribution < 1.29 is 9.59 Å². The van der Waals surface area contributed by atoms with Gasteiger partial charge in [0.1, 0.15) is 0 Å². The molecule has 1 fully saturated rings. The van der Waals surface area contributed by atoms with Gasteiger partial charge in [0.25, 0.3) is 0 Å². The van der Waals surface area contributed by atoms with Crippen LogP contribution in [0.4, 0.5) is 0 Å². The van der Waals surface area contributed by atoms with Crippen LogP contribution in [0, 0.1) is 5.92 Å². The first kappa shape index (κ1) is 13.6. The van der Waals surface area contributed by atoms with Crippen molar-refractivity contribution in [1.29, 1.82) is 0 Å². The maximum absolute atomic E-state index is 11.8. The van der Waals surface area contributed by atoms with Gasteiger partial charge in [0, 0.05) is 26.6 Å². The van der Waals surface area contributed by atoms with E-state index in [2.05, 4.69) is 17.4 Å². The minimum Gasteiger partial charge on any atom is -0.356 e. The number of aryl methyl sites for hydroxylation is 1. The van der Waals surface area contributed by atoms with Crippen LogP contribution in [0.2, 0.25) is 0 Å². The molecule has 1 aromatic carbocycles. The van der Waals surface area contributed by atoms with Crippen LogP contribution in [0.25, 0.3) is 0 Å². The molecule has 1 saturated heterocycles. The van der Waals surface area contributed by atoms with Gasteiger partial charge in [0.15, 0.2) is 0 Å². The Balaban J connectivity index is 1.59. The van der Waals surface area contributed by atoms with Crippen LogP contribution in [0.5, 0.6) is 0 Å². The Labute approximate surface area is 113 Å². The van der Waals surface area contributed by atoms with E-state index < -0.39 is 0 Å². The molecule has 1 aliphatic heterocycles. The molecule has 2 amide bonds. The van der Waals surface area contributed by atoms with Gasteiger partial charge in [-0.15, -0.1) is 0 Å². The molecule has 1 aromatic rings. The molecule has 2 rings (SSSR count). The third-order valence-electron chi connectivity index (χ3n) is 3.48. The number of benzene rings is 1. The maximum Gasteiger partial charge on any atom is 0.226 e. The summed E-state index contributed by atoms with van der Waals surface area (Å²) in [5.41, 5.74) is 1.29. The van der Waals surface area contributed by atoms with Crippen LogP contribution < -0.4 is 5.32 Å². The zero-order valence-corrected chi connectivity index (χ0v) is 11.3. The second-order valence-electron chi connectivity index (χ2n) is 5.00. The third-order valence-corrected chi connectivity index (χ3v) is 3.48. The lowest BCUT2D eigenvalue weighted by Gasteiger charge is -2.37. The summed E-state index contributed by atoms with van der Waals surface area (Å²) in [6.07, 6.45) is 1.92. The van der Waals surface area contributed by atoms with Gasteiger partial charge in [-0.1, -0.05) is 30.3 Å². The molecule has 1 heterocycles. The fraction of sp³-hybridized carbons (Fsp3) is 0.467. The highest BCUT2D eigenvalue weighted by Gasteiger charge is 2.33. The van der Waals surface area contributed by atoms with Gasteiger partial charge in [0.2, 0.25) is 11.8 Å². The molecule has 0 aromatic heterocycles. The average Bonchev–Trinajstić information content (AvgIpc) is 2.33. The van der Waals surface area contributed by atoms with Crippen molar-refractivity contribution in [2.45, 2.75) is 19.8 Å². The summed E-state index contributed by atoms with van der Waals surface area (Å²) >= 11 is 0. The quantitative estimate of drug-likeness (QED) is 0.809. The van der Waals surface area contributed by atoms with Crippen LogP contribution in [-0.2, 0) is 16.0 Å². The second kappa shape index (κ2) is 6.36. The van der Waals surface area contributed by atoms with E-state index in [1.54, 1.807) is 4.90 Å². The summed E-state index contributed by atoms with van der Waals surface area (Å²) in [5, 5.41) is 2.94. The van der Waals surface area contributed by atoms with E-state index in [1.807, 2.05) is 18.2 Å². The number of nitrogens with zero attached hydrogens (tertiary/aromatic N) is 1. The maximum atomic E-state index is 11.8. The SMILES string of the molecule is CC(=O)N1CC(C(=O)NCCCc2ccccc2)C1. The monoisotopic (exact) mass is 260 g/mol. The molecule has 0 unspecified atom stereocenters. The van der Waals surface area contributed by atoms with Crippen LogP contribution in [-0.4, -0.2) is 36.3 Å². The summed E-state index contributed by atoms with van der Waals surface area (Å²) < 4.78 is 0. The molecule has 0 aliphatic carbocycles. The average molecular weight is 260 g/mol. The van der Waals surface area contributed by atoms with Gasteiger partial charge in [-0.05, 0) is 18.4 Å². The summed E-state index contributed by atoms with van der Waals surface area (Å²) in [7, 11) is 0. The molecule has 0 bridgehead atoms. The summed E-state index contributed by atoms with van der Waals surface area (Å²) in [5.74, 6) is 0.110. The largest absolute Gasteiger partial charge is 0.356 e. The number of carbonyl (C=O) groups is 2. The minimum atomic E-state index is -0.0133. The number of nitrogens with one attached hydrogen (secondary N) is 1. The van der Waals surface area contributed by atoms with E-state index in [-0.39, 0.29) is 17.7 Å². The van der Waals surface area contributed by atoms with Crippen molar-refractivity contribution in [2.24, 2.45) is 5.92 Å². The first-order chi connectivity index (χ1) is 9.16. The molecule has 0 radical (unpaired) electrons. The van der Waals surface area contributed by atoms with Gasteiger partial charge in [-0.3, -0.25) is 9.59 Å². The molecule has 0 spiro atoms. The lowest BCUT2D eigenvalue weighted by molar-refractivity contribution is -0.141. The Bertz CT molecular complexity index is 439. The smallest absolute Gasteiger partial charge is 0.226 e. The summed E-state index contributed by atoms with van der Waals surface area (Å²) in [6.45, 7) is 3.37. The molecule has 4 nitrogen and oxygen atoms in total. The lowest BCUT2D eigenvalue weighted by Crippen LogP contribution is -2.55. The number of amides is 2. The standard InChI is InChI=1S/C15H20N2O2/c1-12(18)17-10-14(11-17)15(19)16-9-5-8-13-6-3-2-4-7-13/h2-4,6-7,14H,5,8-11H2,1H3,(H,16,19). The van der Waals surface area contributed by atoms with E-state index >= 15 is 0 Å². The molecule has 4 heteroatoms. The Kier molecular flexibility index (Phi) is 4.55. The van der Waals surface area contributed by atoms with Crippen molar-refractivity contribution in [3.05, 3.63) is 35.9 Å². The molecule has 1 aliphatic rings. The van der Waals surface area contributed by atoms with Crippen LogP contribution in [0.3, 0.4) is 0 Å². The van der Waals surface area contributed by atoms with Crippen LogP contribution in [0.15, 0.2) is 30.3 Å². The van der Waals surface area contributed by atoms with E-state index in [0.717, 1.165) is 12.8 Å². The highest BCUT2D eigenvalue weighted by atomic mass is 16.2. The molecule has 0 atom stereocenters. The van der Waals surface area contributed by atoms with E-state index in [9.17, 15) is 9.59 Å². The van der Waals surface area contributed by atoms with E-state index in [1.165, 1.54) is 12.5 Å². The van der Waals surface area contributed by atoms with Crippen molar-refractivity contribution in [2.75, 3.05) is 19.6 Å². The van der Waals surface area contributed by atoms with Crippen LogP contribution >= 0.6 is 0 Å². The normalized spacial score (nSPS) is 14.9.